The summed E-state index contributed by atoms with van der Waals surface area (Å²) in [6, 6.07) is 7.76. The zero-order valence-corrected chi connectivity index (χ0v) is 12.3. The van der Waals surface area contributed by atoms with E-state index in [0.29, 0.717) is 0 Å². The molecule has 1 aromatic carbocycles. The molecule has 0 aromatic heterocycles. The van der Waals surface area contributed by atoms with Gasteiger partial charge < -0.3 is 15.4 Å². The summed E-state index contributed by atoms with van der Waals surface area (Å²) in [7, 11) is 2.07. The first-order chi connectivity index (χ1) is 9.60. The van der Waals surface area contributed by atoms with E-state index in [2.05, 4.69) is 23.8 Å². The first kappa shape index (κ1) is 14.8. The van der Waals surface area contributed by atoms with Crippen LogP contribution in [0.15, 0.2) is 24.3 Å². The number of likely N-dealkylation sites (N-methyl/N-ethyl adjacent to an activating group) is 2. The minimum atomic E-state index is 0.105. The van der Waals surface area contributed by atoms with Gasteiger partial charge in [0.25, 0.3) is 0 Å². The van der Waals surface area contributed by atoms with E-state index in [1.165, 1.54) is 0 Å². The number of amidine groups is 1. The number of ether oxygens (including phenoxy) is 1. The largest absolute Gasteiger partial charge is 0.384 e. The number of nitrogens with zero attached hydrogens (tertiary/aromatic N) is 2. The number of rotatable bonds is 5. The van der Waals surface area contributed by atoms with Crippen molar-refractivity contribution in [2.24, 2.45) is 5.73 Å². The number of nitrogen functional groups attached to an aromatic ring is 1. The molecule has 2 rings (SSSR count). The second-order valence-electron chi connectivity index (χ2n) is 5.23. The van der Waals surface area contributed by atoms with E-state index < -0.39 is 0 Å². The van der Waals surface area contributed by atoms with Gasteiger partial charge in [-0.15, -0.1) is 0 Å². The maximum atomic E-state index is 7.40. The van der Waals surface area contributed by atoms with E-state index in [9.17, 15) is 0 Å². The van der Waals surface area contributed by atoms with Gasteiger partial charge in [0, 0.05) is 37.9 Å². The maximum Gasteiger partial charge on any atom is 0.122 e. The Hall–Kier alpha value is -1.59. The normalized spacial score (nSPS) is 19.8. The summed E-state index contributed by atoms with van der Waals surface area (Å²) in [5.41, 5.74) is 7.34. The van der Waals surface area contributed by atoms with Crippen molar-refractivity contribution in [1.82, 2.24) is 4.90 Å². The molecular formula is C15H24N4O. The molecule has 1 fully saturated rings. The highest BCUT2D eigenvalue weighted by molar-refractivity contribution is 5.95. The van der Waals surface area contributed by atoms with Crippen LogP contribution in [0.25, 0.3) is 0 Å². The number of benzene rings is 1. The molecule has 1 aliphatic heterocycles. The van der Waals surface area contributed by atoms with Crippen molar-refractivity contribution < 1.29 is 4.74 Å². The number of morpholine rings is 1. The summed E-state index contributed by atoms with van der Waals surface area (Å²) >= 11 is 0. The Morgan fingerprint density at radius 2 is 2.15 bits per heavy atom. The Bertz CT molecular complexity index is 446. The molecule has 0 radical (unpaired) electrons. The molecule has 1 saturated heterocycles. The first-order valence-corrected chi connectivity index (χ1v) is 7.09. The Labute approximate surface area is 120 Å². The van der Waals surface area contributed by atoms with E-state index in [1.807, 2.05) is 24.3 Å². The van der Waals surface area contributed by atoms with Gasteiger partial charge in [0.2, 0.25) is 0 Å². The van der Waals surface area contributed by atoms with Crippen LogP contribution in [0.5, 0.6) is 0 Å². The van der Waals surface area contributed by atoms with Crippen molar-refractivity contribution in [2.75, 3.05) is 44.7 Å². The van der Waals surface area contributed by atoms with Gasteiger partial charge in [-0.3, -0.25) is 10.3 Å². The van der Waals surface area contributed by atoms with Crippen LogP contribution in [0.2, 0.25) is 0 Å². The first-order valence-electron chi connectivity index (χ1n) is 7.09. The molecule has 3 N–H and O–H groups in total. The average molecular weight is 276 g/mol. The fraction of sp³-hybridized carbons (Fsp3) is 0.533. The highest BCUT2D eigenvalue weighted by Crippen LogP contribution is 2.15. The fourth-order valence-corrected chi connectivity index (χ4v) is 2.48. The average Bonchev–Trinajstić information content (AvgIpc) is 2.47. The minimum Gasteiger partial charge on any atom is -0.384 e. The van der Waals surface area contributed by atoms with Gasteiger partial charge in [0.15, 0.2) is 0 Å². The van der Waals surface area contributed by atoms with Gasteiger partial charge in [0.1, 0.15) is 5.84 Å². The lowest BCUT2D eigenvalue weighted by atomic mass is 10.1. The van der Waals surface area contributed by atoms with E-state index in [-0.39, 0.29) is 11.9 Å². The summed E-state index contributed by atoms with van der Waals surface area (Å²) < 4.78 is 5.83. The second kappa shape index (κ2) is 6.72. The molecule has 5 nitrogen and oxygen atoms in total. The molecule has 0 saturated carbocycles. The Morgan fingerprint density at radius 3 is 2.75 bits per heavy atom. The van der Waals surface area contributed by atoms with Gasteiger partial charge in [0.05, 0.1) is 12.7 Å². The third-order valence-corrected chi connectivity index (χ3v) is 3.77. The second-order valence-corrected chi connectivity index (χ2v) is 5.23. The number of hydrogen-bond donors (Lipinski definition) is 2. The molecule has 1 atom stereocenters. The lowest BCUT2D eigenvalue weighted by Crippen LogP contribution is -2.46. The van der Waals surface area contributed by atoms with Crippen molar-refractivity contribution in [3.05, 3.63) is 29.8 Å². The topological polar surface area (TPSA) is 65.6 Å². The quantitative estimate of drug-likeness (QED) is 0.625. The minimum absolute atomic E-state index is 0.105. The lowest BCUT2D eigenvalue weighted by Gasteiger charge is -2.34. The standard InChI is InChI=1S/C15H24N4O/c1-3-19-8-9-20-14(11-19)10-18(2)13-6-4-12(5-7-13)15(16)17/h4-7,14H,3,8-11H2,1-2H3,(H3,16,17). The molecule has 5 heteroatoms. The molecule has 1 heterocycles. The SMILES string of the molecule is CCN1CCOC(CN(C)c2ccc(C(=N)N)cc2)C1. The van der Waals surface area contributed by atoms with Crippen molar-refractivity contribution >= 4 is 11.5 Å². The smallest absolute Gasteiger partial charge is 0.122 e. The van der Waals surface area contributed by atoms with E-state index >= 15 is 0 Å². The van der Waals surface area contributed by atoms with Gasteiger partial charge in [-0.25, -0.2) is 0 Å². The molecule has 0 amide bonds. The Kier molecular flexibility index (Phi) is 4.98. The van der Waals surface area contributed by atoms with Crippen LogP contribution in [-0.2, 0) is 4.74 Å². The number of hydrogen-bond acceptors (Lipinski definition) is 4. The van der Waals surface area contributed by atoms with Gasteiger partial charge in [-0.2, -0.15) is 0 Å². The summed E-state index contributed by atoms with van der Waals surface area (Å²) in [6.07, 6.45) is 0.251. The molecule has 1 unspecified atom stereocenters. The van der Waals surface area contributed by atoms with Crippen molar-refractivity contribution in [3.8, 4) is 0 Å². The molecule has 1 aromatic rings. The molecule has 110 valence electrons. The van der Waals surface area contributed by atoms with Crippen LogP contribution >= 0.6 is 0 Å². The van der Waals surface area contributed by atoms with Crippen molar-refractivity contribution in [1.29, 1.82) is 5.41 Å². The summed E-state index contributed by atoms with van der Waals surface area (Å²) in [5, 5.41) is 7.40. The maximum absolute atomic E-state index is 7.40. The van der Waals surface area contributed by atoms with Crippen LogP contribution in [0, 0.1) is 5.41 Å². The molecule has 20 heavy (non-hydrogen) atoms. The zero-order valence-electron chi connectivity index (χ0n) is 12.3. The Balaban J connectivity index is 1.93. The molecule has 0 spiro atoms. The molecule has 0 aliphatic carbocycles. The zero-order chi connectivity index (χ0) is 14.5. The number of nitrogens with one attached hydrogen (secondary N) is 1. The van der Waals surface area contributed by atoms with Crippen molar-refractivity contribution in [3.63, 3.8) is 0 Å². The summed E-state index contributed by atoms with van der Waals surface area (Å²) in [4.78, 5) is 4.61. The summed E-state index contributed by atoms with van der Waals surface area (Å²) in [5.74, 6) is 0.105. The molecule has 0 bridgehead atoms. The van der Waals surface area contributed by atoms with E-state index in [0.717, 1.165) is 44.0 Å². The van der Waals surface area contributed by atoms with Crippen LogP contribution in [0.4, 0.5) is 5.69 Å². The van der Waals surface area contributed by atoms with Crippen LogP contribution in [0.3, 0.4) is 0 Å². The highest BCUT2D eigenvalue weighted by atomic mass is 16.5. The highest BCUT2D eigenvalue weighted by Gasteiger charge is 2.20. The predicted molar refractivity (Wildman–Crippen MR) is 82.6 cm³/mol. The summed E-state index contributed by atoms with van der Waals surface area (Å²) in [6.45, 7) is 6.98. The van der Waals surface area contributed by atoms with Crippen molar-refractivity contribution in [2.45, 2.75) is 13.0 Å². The number of nitrogens with two attached hydrogens (primary N) is 1. The Morgan fingerprint density at radius 1 is 1.45 bits per heavy atom. The van der Waals surface area contributed by atoms with Gasteiger partial charge in [-0.1, -0.05) is 6.92 Å². The van der Waals surface area contributed by atoms with Gasteiger partial charge >= 0.3 is 0 Å². The van der Waals surface area contributed by atoms with E-state index in [4.69, 9.17) is 15.9 Å². The fourth-order valence-electron chi connectivity index (χ4n) is 2.48. The predicted octanol–water partition coefficient (Wildman–Crippen LogP) is 1.13. The van der Waals surface area contributed by atoms with Crippen LogP contribution in [0.1, 0.15) is 12.5 Å². The monoisotopic (exact) mass is 276 g/mol. The lowest BCUT2D eigenvalue weighted by molar-refractivity contribution is -0.0216. The van der Waals surface area contributed by atoms with Crippen LogP contribution in [-0.4, -0.2) is 56.7 Å². The molecule has 1 aliphatic rings. The van der Waals surface area contributed by atoms with E-state index in [1.54, 1.807) is 0 Å². The van der Waals surface area contributed by atoms with Crippen LogP contribution < -0.4 is 10.6 Å². The molecular weight excluding hydrogens is 252 g/mol. The third-order valence-electron chi connectivity index (χ3n) is 3.77. The van der Waals surface area contributed by atoms with Gasteiger partial charge in [-0.05, 0) is 30.8 Å². The number of anilines is 1. The third kappa shape index (κ3) is 3.71.